The van der Waals surface area contributed by atoms with Gasteiger partial charge in [0.2, 0.25) is 5.91 Å². The molecule has 0 spiro atoms. The van der Waals surface area contributed by atoms with Crippen molar-refractivity contribution in [3.05, 3.63) is 35.6 Å². The average molecular weight is 375 g/mol. The van der Waals surface area contributed by atoms with Gasteiger partial charge in [0.15, 0.2) is 5.82 Å². The third-order valence-corrected chi connectivity index (χ3v) is 4.23. The zero-order chi connectivity index (χ0) is 20.0. The highest BCUT2D eigenvalue weighted by atomic mass is 16.5. The topological polar surface area (TPSA) is 93.9 Å². The van der Waals surface area contributed by atoms with Gasteiger partial charge in [-0.15, -0.1) is 0 Å². The van der Waals surface area contributed by atoms with Crippen LogP contribution in [0.2, 0.25) is 0 Å². The molecule has 1 aromatic carbocycles. The highest BCUT2D eigenvalue weighted by molar-refractivity contribution is 6.02. The largest absolute Gasteiger partial charge is 0.496 e. The highest BCUT2D eigenvalue weighted by Gasteiger charge is 2.28. The van der Waals surface area contributed by atoms with Crippen molar-refractivity contribution in [1.82, 2.24) is 10.1 Å². The second-order valence-corrected chi connectivity index (χ2v) is 6.10. The Kier molecular flexibility index (Phi) is 6.81. The molecule has 0 aliphatic heterocycles. The summed E-state index contributed by atoms with van der Waals surface area (Å²) in [7, 11) is 2.97. The maximum Gasteiger partial charge on any atom is 0.262 e. The number of benzene rings is 1. The van der Waals surface area contributed by atoms with Crippen LogP contribution in [0.3, 0.4) is 0 Å². The molecule has 0 saturated heterocycles. The lowest BCUT2D eigenvalue weighted by molar-refractivity contribution is -0.117. The van der Waals surface area contributed by atoms with E-state index >= 15 is 0 Å². The molecule has 0 fully saturated rings. The minimum absolute atomic E-state index is 0.138. The molecule has 2 amide bonds. The summed E-state index contributed by atoms with van der Waals surface area (Å²) in [6, 6.07) is 6.54. The van der Waals surface area contributed by atoms with Gasteiger partial charge in [-0.05, 0) is 32.4 Å². The SMILES string of the molecule is CC[C@@H](C)N(CC(=O)Nc1cc(C)on1)C(=O)c1c(OC)cccc1OC. The number of rotatable bonds is 8. The normalized spacial score (nSPS) is 11.6. The Morgan fingerprint density at radius 3 is 2.37 bits per heavy atom. The van der Waals surface area contributed by atoms with Crippen LogP contribution in [0, 0.1) is 6.92 Å². The molecule has 1 heterocycles. The molecule has 0 aliphatic rings. The first-order valence-electron chi connectivity index (χ1n) is 8.66. The molecule has 1 atom stereocenters. The smallest absolute Gasteiger partial charge is 0.262 e. The van der Waals surface area contributed by atoms with Crippen LogP contribution in [-0.4, -0.2) is 48.7 Å². The summed E-state index contributed by atoms with van der Waals surface area (Å²) in [4.78, 5) is 27.2. The van der Waals surface area contributed by atoms with Crippen molar-refractivity contribution >= 4 is 17.6 Å². The summed E-state index contributed by atoms with van der Waals surface area (Å²) in [5.74, 6) is 0.958. The van der Waals surface area contributed by atoms with E-state index in [2.05, 4.69) is 10.5 Å². The van der Waals surface area contributed by atoms with Crippen LogP contribution in [0.25, 0.3) is 0 Å². The number of hydrogen-bond donors (Lipinski definition) is 1. The second-order valence-electron chi connectivity index (χ2n) is 6.10. The number of amides is 2. The van der Waals surface area contributed by atoms with Crippen molar-refractivity contribution in [2.24, 2.45) is 0 Å². The van der Waals surface area contributed by atoms with Gasteiger partial charge in [0.05, 0.1) is 14.2 Å². The quantitative estimate of drug-likeness (QED) is 0.762. The highest BCUT2D eigenvalue weighted by Crippen LogP contribution is 2.30. The van der Waals surface area contributed by atoms with Crippen LogP contribution in [0.4, 0.5) is 5.82 Å². The van der Waals surface area contributed by atoms with Crippen LogP contribution in [-0.2, 0) is 4.79 Å². The van der Waals surface area contributed by atoms with Gasteiger partial charge in [0, 0.05) is 12.1 Å². The fourth-order valence-electron chi connectivity index (χ4n) is 2.62. The number of nitrogens with one attached hydrogen (secondary N) is 1. The van der Waals surface area contributed by atoms with Crippen LogP contribution in [0.15, 0.2) is 28.8 Å². The lowest BCUT2D eigenvalue weighted by Gasteiger charge is -2.29. The zero-order valence-electron chi connectivity index (χ0n) is 16.2. The number of carbonyl (C=O) groups is 2. The second kappa shape index (κ2) is 9.07. The Morgan fingerprint density at radius 2 is 1.89 bits per heavy atom. The first-order valence-corrected chi connectivity index (χ1v) is 8.66. The van der Waals surface area contributed by atoms with Crippen LogP contribution in [0.1, 0.15) is 36.4 Å². The van der Waals surface area contributed by atoms with Crippen molar-refractivity contribution in [2.45, 2.75) is 33.2 Å². The van der Waals surface area contributed by atoms with E-state index in [9.17, 15) is 9.59 Å². The molecule has 0 saturated carbocycles. The van der Waals surface area contributed by atoms with Crippen molar-refractivity contribution in [3.63, 3.8) is 0 Å². The summed E-state index contributed by atoms with van der Waals surface area (Å²) >= 11 is 0. The maximum absolute atomic E-state index is 13.2. The molecule has 146 valence electrons. The Bertz CT molecular complexity index is 780. The standard InChI is InChI=1S/C19H25N3O5/c1-6-12(2)22(11-17(23)20-16-10-13(3)27-21-16)19(24)18-14(25-4)8-7-9-15(18)26-5/h7-10,12H,6,11H2,1-5H3,(H,20,21,23)/t12-/m1/s1. The van der Waals surface area contributed by atoms with E-state index in [1.807, 2.05) is 13.8 Å². The monoisotopic (exact) mass is 375 g/mol. The molecule has 0 radical (unpaired) electrons. The van der Waals surface area contributed by atoms with Crippen molar-refractivity contribution in [2.75, 3.05) is 26.1 Å². The van der Waals surface area contributed by atoms with Crippen molar-refractivity contribution in [1.29, 1.82) is 0 Å². The summed E-state index contributed by atoms with van der Waals surface area (Å²) in [6.45, 7) is 5.42. The molecule has 1 aromatic heterocycles. The van der Waals surface area contributed by atoms with E-state index in [4.69, 9.17) is 14.0 Å². The van der Waals surface area contributed by atoms with Crippen LogP contribution < -0.4 is 14.8 Å². The molecule has 2 rings (SSSR count). The Hall–Kier alpha value is -3.03. The first kappa shape index (κ1) is 20.3. The number of hydrogen-bond acceptors (Lipinski definition) is 6. The van der Waals surface area contributed by atoms with Crippen molar-refractivity contribution in [3.8, 4) is 11.5 Å². The molecule has 1 N–H and O–H groups in total. The summed E-state index contributed by atoms with van der Waals surface area (Å²) in [5, 5.41) is 6.37. The molecular formula is C19H25N3O5. The number of methoxy groups -OCH3 is 2. The van der Waals surface area contributed by atoms with Gasteiger partial charge in [-0.1, -0.05) is 18.1 Å². The van der Waals surface area contributed by atoms with Crippen molar-refractivity contribution < 1.29 is 23.6 Å². The Balaban J connectivity index is 2.28. The molecular weight excluding hydrogens is 350 g/mol. The first-order chi connectivity index (χ1) is 12.9. The fourth-order valence-corrected chi connectivity index (χ4v) is 2.62. The molecule has 27 heavy (non-hydrogen) atoms. The van der Waals surface area contributed by atoms with Gasteiger partial charge in [-0.25, -0.2) is 0 Å². The minimum atomic E-state index is -0.370. The number of carbonyl (C=O) groups excluding carboxylic acids is 2. The maximum atomic E-state index is 13.2. The number of aryl methyl sites for hydroxylation is 1. The number of aromatic nitrogens is 1. The molecule has 8 nitrogen and oxygen atoms in total. The van der Waals surface area contributed by atoms with Gasteiger partial charge in [-0.2, -0.15) is 0 Å². The number of anilines is 1. The fraction of sp³-hybridized carbons (Fsp3) is 0.421. The van der Waals surface area contributed by atoms with Gasteiger partial charge < -0.3 is 24.2 Å². The third kappa shape index (κ3) is 4.78. The molecule has 8 heteroatoms. The molecule has 0 aliphatic carbocycles. The van der Waals surface area contributed by atoms with Gasteiger partial charge in [-0.3, -0.25) is 9.59 Å². The average Bonchev–Trinajstić information content (AvgIpc) is 3.08. The van der Waals surface area contributed by atoms with E-state index in [-0.39, 0.29) is 30.0 Å². The molecule has 2 aromatic rings. The van der Waals surface area contributed by atoms with E-state index in [0.29, 0.717) is 29.5 Å². The van der Waals surface area contributed by atoms with E-state index in [1.54, 1.807) is 31.2 Å². The Morgan fingerprint density at radius 1 is 1.26 bits per heavy atom. The predicted octanol–water partition coefficient (Wildman–Crippen LogP) is 2.88. The molecule has 0 unspecified atom stereocenters. The lowest BCUT2D eigenvalue weighted by Crippen LogP contribution is -2.43. The van der Waals surface area contributed by atoms with Gasteiger partial charge >= 0.3 is 0 Å². The van der Waals surface area contributed by atoms with E-state index < -0.39 is 0 Å². The number of ether oxygens (including phenoxy) is 2. The third-order valence-electron chi connectivity index (χ3n) is 4.23. The van der Waals surface area contributed by atoms with Crippen LogP contribution >= 0.6 is 0 Å². The lowest BCUT2D eigenvalue weighted by atomic mass is 10.1. The van der Waals surface area contributed by atoms with Crippen LogP contribution in [0.5, 0.6) is 11.5 Å². The van der Waals surface area contributed by atoms with Gasteiger partial charge in [0.1, 0.15) is 29.4 Å². The summed E-state index contributed by atoms with van der Waals surface area (Å²) < 4.78 is 15.6. The molecule has 0 bridgehead atoms. The Labute approximate surface area is 158 Å². The number of nitrogens with zero attached hydrogens (tertiary/aromatic N) is 2. The van der Waals surface area contributed by atoms with E-state index in [0.717, 1.165) is 0 Å². The minimum Gasteiger partial charge on any atom is -0.496 e. The van der Waals surface area contributed by atoms with E-state index in [1.165, 1.54) is 19.1 Å². The predicted molar refractivity (Wildman–Crippen MR) is 100 cm³/mol. The zero-order valence-corrected chi connectivity index (χ0v) is 16.2. The summed E-state index contributed by atoms with van der Waals surface area (Å²) in [6.07, 6.45) is 0.680. The summed E-state index contributed by atoms with van der Waals surface area (Å²) in [5.41, 5.74) is 0.285. The van der Waals surface area contributed by atoms with Gasteiger partial charge in [0.25, 0.3) is 5.91 Å².